The van der Waals surface area contributed by atoms with E-state index in [1.165, 1.54) is 6.26 Å². The molecule has 0 unspecified atom stereocenters. The van der Waals surface area contributed by atoms with Gasteiger partial charge in [-0.25, -0.2) is 4.79 Å². The van der Waals surface area contributed by atoms with Crippen LogP contribution in [0.15, 0.2) is 10.7 Å². The minimum Gasteiger partial charge on any atom is -0.481 e. The molecule has 1 N–H and O–H groups in total. The third kappa shape index (κ3) is 4.56. The van der Waals surface area contributed by atoms with Crippen molar-refractivity contribution in [1.29, 1.82) is 0 Å². The standard InChI is InChI=1S/C13H20N2O5/c1-4-19-12(18)10-8-20-13(14-10)15(9(2)3)7-5-6-11(16)17/h8-9H,4-7H2,1-3H3,(H,16,17). The van der Waals surface area contributed by atoms with E-state index in [1.807, 2.05) is 18.7 Å². The summed E-state index contributed by atoms with van der Waals surface area (Å²) in [4.78, 5) is 27.9. The lowest BCUT2D eigenvalue weighted by atomic mass is 10.2. The maximum Gasteiger partial charge on any atom is 0.360 e. The van der Waals surface area contributed by atoms with Crippen LogP contribution in [0.5, 0.6) is 0 Å². The minimum atomic E-state index is -0.840. The summed E-state index contributed by atoms with van der Waals surface area (Å²) in [6, 6.07) is 0.380. The molecule has 0 aliphatic rings. The molecule has 20 heavy (non-hydrogen) atoms. The van der Waals surface area contributed by atoms with Gasteiger partial charge in [-0.2, -0.15) is 4.98 Å². The zero-order valence-corrected chi connectivity index (χ0v) is 12.0. The molecule has 0 atom stereocenters. The molecular weight excluding hydrogens is 264 g/mol. The molecule has 0 fully saturated rings. The van der Waals surface area contributed by atoms with E-state index in [9.17, 15) is 9.59 Å². The number of hydrogen-bond acceptors (Lipinski definition) is 6. The van der Waals surface area contributed by atoms with E-state index in [0.29, 0.717) is 19.0 Å². The monoisotopic (exact) mass is 284 g/mol. The summed E-state index contributed by atoms with van der Waals surface area (Å²) >= 11 is 0. The number of aromatic nitrogens is 1. The van der Waals surface area contributed by atoms with Crippen molar-refractivity contribution in [3.8, 4) is 0 Å². The number of carboxylic acids is 1. The molecule has 7 nitrogen and oxygen atoms in total. The number of ether oxygens (including phenoxy) is 1. The van der Waals surface area contributed by atoms with Crippen LogP contribution in [0.2, 0.25) is 0 Å². The topological polar surface area (TPSA) is 92.9 Å². The first-order valence-corrected chi connectivity index (χ1v) is 6.56. The number of carboxylic acid groups (broad SMARTS) is 1. The zero-order valence-electron chi connectivity index (χ0n) is 12.0. The van der Waals surface area contributed by atoms with E-state index in [2.05, 4.69) is 4.98 Å². The Labute approximate surface area is 117 Å². The quantitative estimate of drug-likeness (QED) is 0.729. The Hall–Kier alpha value is -2.05. The molecule has 0 saturated carbocycles. The summed E-state index contributed by atoms with van der Waals surface area (Å²) < 4.78 is 10.1. The van der Waals surface area contributed by atoms with E-state index in [1.54, 1.807) is 6.92 Å². The van der Waals surface area contributed by atoms with Crippen LogP contribution in [0.25, 0.3) is 0 Å². The van der Waals surface area contributed by atoms with Gasteiger partial charge in [0, 0.05) is 19.0 Å². The molecule has 7 heteroatoms. The molecule has 0 aliphatic carbocycles. The van der Waals surface area contributed by atoms with Gasteiger partial charge in [-0.3, -0.25) is 4.79 Å². The van der Waals surface area contributed by atoms with Gasteiger partial charge in [-0.05, 0) is 27.2 Å². The fraction of sp³-hybridized carbons (Fsp3) is 0.615. The minimum absolute atomic E-state index is 0.0780. The molecule has 0 spiro atoms. The predicted octanol–water partition coefficient (Wildman–Crippen LogP) is 1.93. The van der Waals surface area contributed by atoms with Gasteiger partial charge in [0.2, 0.25) is 0 Å². The lowest BCUT2D eigenvalue weighted by Gasteiger charge is -2.24. The number of carbonyl (C=O) groups excluding carboxylic acids is 1. The van der Waals surface area contributed by atoms with Gasteiger partial charge in [0.05, 0.1) is 6.61 Å². The molecule has 1 aromatic rings. The molecule has 0 bridgehead atoms. The van der Waals surface area contributed by atoms with Crippen molar-refractivity contribution in [3.63, 3.8) is 0 Å². The third-order valence-corrected chi connectivity index (χ3v) is 2.64. The summed E-state index contributed by atoms with van der Waals surface area (Å²) in [5, 5.41) is 8.65. The van der Waals surface area contributed by atoms with E-state index in [4.69, 9.17) is 14.3 Å². The number of aliphatic carboxylic acids is 1. The third-order valence-electron chi connectivity index (χ3n) is 2.64. The van der Waals surface area contributed by atoms with E-state index < -0.39 is 11.9 Å². The van der Waals surface area contributed by atoms with E-state index in [0.717, 1.165) is 0 Å². The number of oxazole rings is 1. The Morgan fingerprint density at radius 2 is 2.20 bits per heavy atom. The van der Waals surface area contributed by atoms with Gasteiger partial charge < -0.3 is 19.2 Å². The van der Waals surface area contributed by atoms with Crippen LogP contribution in [-0.2, 0) is 9.53 Å². The van der Waals surface area contributed by atoms with Crippen LogP contribution < -0.4 is 4.90 Å². The molecular formula is C13H20N2O5. The van der Waals surface area contributed by atoms with Crippen molar-refractivity contribution in [2.75, 3.05) is 18.1 Å². The van der Waals surface area contributed by atoms with Gasteiger partial charge in [-0.15, -0.1) is 0 Å². The Balaban J connectivity index is 2.72. The fourth-order valence-corrected chi connectivity index (χ4v) is 1.67. The van der Waals surface area contributed by atoms with Crippen molar-refractivity contribution in [3.05, 3.63) is 12.0 Å². The highest BCUT2D eigenvalue weighted by molar-refractivity contribution is 5.87. The average molecular weight is 284 g/mol. The largest absolute Gasteiger partial charge is 0.481 e. The second kappa shape index (κ2) is 7.52. The second-order valence-corrected chi connectivity index (χ2v) is 4.52. The van der Waals surface area contributed by atoms with Crippen LogP contribution in [0.4, 0.5) is 6.01 Å². The lowest BCUT2D eigenvalue weighted by Crippen LogP contribution is -2.32. The molecule has 0 aliphatic heterocycles. The van der Waals surface area contributed by atoms with Gasteiger partial charge in [-0.1, -0.05) is 0 Å². The second-order valence-electron chi connectivity index (χ2n) is 4.52. The number of esters is 1. The Morgan fingerprint density at radius 1 is 1.50 bits per heavy atom. The number of anilines is 1. The highest BCUT2D eigenvalue weighted by Gasteiger charge is 2.19. The first-order chi connectivity index (χ1) is 9.45. The van der Waals surface area contributed by atoms with Crippen LogP contribution in [0, 0.1) is 0 Å². The number of nitrogens with zero attached hydrogens (tertiary/aromatic N) is 2. The molecule has 0 amide bonds. The summed E-state index contributed by atoms with van der Waals surface area (Å²) in [6.07, 6.45) is 1.80. The number of hydrogen-bond donors (Lipinski definition) is 1. The molecule has 0 aromatic carbocycles. The van der Waals surface area contributed by atoms with Crippen LogP contribution >= 0.6 is 0 Å². The first-order valence-electron chi connectivity index (χ1n) is 6.56. The molecule has 1 heterocycles. The van der Waals surface area contributed by atoms with Crippen LogP contribution in [-0.4, -0.2) is 41.2 Å². The molecule has 1 rings (SSSR count). The summed E-state index contributed by atoms with van der Waals surface area (Å²) in [5.41, 5.74) is 0.116. The van der Waals surface area contributed by atoms with Crippen molar-refractivity contribution in [1.82, 2.24) is 4.98 Å². The summed E-state index contributed by atoms with van der Waals surface area (Å²) in [5.74, 6) is -1.37. The summed E-state index contributed by atoms with van der Waals surface area (Å²) in [7, 11) is 0. The predicted molar refractivity (Wildman–Crippen MR) is 71.8 cm³/mol. The van der Waals surface area contributed by atoms with E-state index >= 15 is 0 Å². The molecule has 112 valence electrons. The van der Waals surface area contributed by atoms with Gasteiger partial charge in [0.25, 0.3) is 6.01 Å². The number of carbonyl (C=O) groups is 2. The van der Waals surface area contributed by atoms with E-state index in [-0.39, 0.29) is 24.8 Å². The molecule has 0 radical (unpaired) electrons. The van der Waals surface area contributed by atoms with Crippen LogP contribution in [0.3, 0.4) is 0 Å². The van der Waals surface area contributed by atoms with Crippen molar-refractivity contribution in [2.45, 2.75) is 39.7 Å². The van der Waals surface area contributed by atoms with Crippen molar-refractivity contribution in [2.24, 2.45) is 0 Å². The smallest absolute Gasteiger partial charge is 0.360 e. The SMILES string of the molecule is CCOC(=O)c1coc(N(CCCC(=O)O)C(C)C)n1. The van der Waals surface area contributed by atoms with Gasteiger partial charge >= 0.3 is 11.9 Å². The van der Waals surface area contributed by atoms with Crippen LogP contribution in [0.1, 0.15) is 44.1 Å². The lowest BCUT2D eigenvalue weighted by molar-refractivity contribution is -0.137. The van der Waals surface area contributed by atoms with Crippen molar-refractivity contribution >= 4 is 18.0 Å². The highest BCUT2D eigenvalue weighted by Crippen LogP contribution is 2.17. The Morgan fingerprint density at radius 3 is 2.75 bits per heavy atom. The Kier molecular flexibility index (Phi) is 6.02. The van der Waals surface area contributed by atoms with Gasteiger partial charge in [0.1, 0.15) is 6.26 Å². The molecule has 1 aromatic heterocycles. The maximum atomic E-state index is 11.5. The zero-order chi connectivity index (χ0) is 15.1. The first kappa shape index (κ1) is 16.0. The average Bonchev–Trinajstić information content (AvgIpc) is 2.83. The molecule has 0 saturated heterocycles. The number of rotatable bonds is 8. The fourth-order valence-electron chi connectivity index (χ4n) is 1.67. The Bertz CT molecular complexity index is 455. The summed E-state index contributed by atoms with van der Waals surface area (Å²) in [6.45, 7) is 6.36. The maximum absolute atomic E-state index is 11.5. The normalized spacial score (nSPS) is 10.6. The van der Waals surface area contributed by atoms with Crippen molar-refractivity contribution < 1.29 is 23.8 Å². The highest BCUT2D eigenvalue weighted by atomic mass is 16.5. The van der Waals surface area contributed by atoms with Gasteiger partial charge in [0.15, 0.2) is 5.69 Å².